The van der Waals surface area contributed by atoms with Gasteiger partial charge in [0.1, 0.15) is 12.4 Å². The summed E-state index contributed by atoms with van der Waals surface area (Å²) in [6.07, 6.45) is 1.84. The molecule has 2 heterocycles. The quantitative estimate of drug-likeness (QED) is 0.346. The van der Waals surface area contributed by atoms with E-state index in [-0.39, 0.29) is 12.2 Å². The van der Waals surface area contributed by atoms with Gasteiger partial charge in [0, 0.05) is 0 Å². The Morgan fingerprint density at radius 3 is 2.49 bits per heavy atom. The van der Waals surface area contributed by atoms with E-state index in [0.717, 1.165) is 16.7 Å². The third-order valence-electron chi connectivity index (χ3n) is 6.04. The van der Waals surface area contributed by atoms with Gasteiger partial charge in [0.25, 0.3) is 5.56 Å². The first kappa shape index (κ1) is 24.5. The monoisotopic (exact) mass is 510 g/mol. The van der Waals surface area contributed by atoms with Crippen LogP contribution in [0.3, 0.4) is 0 Å². The molecule has 0 saturated carbocycles. The zero-order valence-electron chi connectivity index (χ0n) is 20.6. The van der Waals surface area contributed by atoms with Crippen molar-refractivity contribution in [3.8, 4) is 5.75 Å². The van der Waals surface area contributed by atoms with E-state index in [1.54, 1.807) is 18.4 Å². The Kier molecular flexibility index (Phi) is 7.14. The summed E-state index contributed by atoms with van der Waals surface area (Å²) in [5.74, 6) is 0.253. The molecule has 0 amide bonds. The van der Waals surface area contributed by atoms with Crippen LogP contribution in [0.1, 0.15) is 36.6 Å². The molecule has 37 heavy (non-hydrogen) atoms. The van der Waals surface area contributed by atoms with E-state index in [4.69, 9.17) is 9.47 Å². The Hall–Kier alpha value is -4.23. The van der Waals surface area contributed by atoms with E-state index in [1.807, 2.05) is 91.0 Å². The molecule has 0 spiro atoms. The van der Waals surface area contributed by atoms with Gasteiger partial charge in [-0.25, -0.2) is 9.79 Å². The van der Waals surface area contributed by atoms with Gasteiger partial charge in [-0.1, -0.05) is 84.1 Å². The molecule has 6 nitrogen and oxygen atoms in total. The summed E-state index contributed by atoms with van der Waals surface area (Å²) < 4.78 is 13.4. The lowest BCUT2D eigenvalue weighted by Gasteiger charge is -2.24. The lowest BCUT2D eigenvalue weighted by Crippen LogP contribution is -2.39. The fourth-order valence-electron chi connectivity index (χ4n) is 4.33. The van der Waals surface area contributed by atoms with Crippen LogP contribution in [0.15, 0.2) is 106 Å². The molecule has 5 rings (SSSR count). The van der Waals surface area contributed by atoms with E-state index in [9.17, 15) is 9.59 Å². The third kappa shape index (κ3) is 5.17. The molecule has 0 N–H and O–H groups in total. The molecular weight excluding hydrogens is 484 g/mol. The molecular formula is C30H26N2O4S. The van der Waals surface area contributed by atoms with Crippen LogP contribution in [-0.4, -0.2) is 17.1 Å². The van der Waals surface area contributed by atoms with Crippen molar-refractivity contribution in [2.24, 2.45) is 4.99 Å². The Labute approximate surface area is 218 Å². The molecule has 0 bridgehead atoms. The van der Waals surface area contributed by atoms with Crippen LogP contribution in [0.4, 0.5) is 0 Å². The highest BCUT2D eigenvalue weighted by atomic mass is 32.1. The predicted molar refractivity (Wildman–Crippen MR) is 144 cm³/mol. The predicted octanol–water partition coefficient (Wildman–Crippen LogP) is 4.38. The fourth-order valence-corrected chi connectivity index (χ4v) is 5.38. The molecule has 0 saturated heterocycles. The van der Waals surface area contributed by atoms with Crippen molar-refractivity contribution in [3.63, 3.8) is 0 Å². The summed E-state index contributed by atoms with van der Waals surface area (Å²) in [4.78, 5) is 31.8. The Morgan fingerprint density at radius 1 is 1.03 bits per heavy atom. The van der Waals surface area contributed by atoms with Gasteiger partial charge >= 0.3 is 5.97 Å². The number of allylic oxidation sites excluding steroid dienone is 1. The maximum Gasteiger partial charge on any atom is 0.338 e. The number of rotatable bonds is 7. The molecule has 0 unspecified atom stereocenters. The number of carbonyl (C=O) groups excluding carboxylic acids is 1. The number of aromatic nitrogens is 1. The average molecular weight is 511 g/mol. The van der Waals surface area contributed by atoms with E-state index in [2.05, 4.69) is 4.99 Å². The zero-order valence-corrected chi connectivity index (χ0v) is 21.4. The van der Waals surface area contributed by atoms with Crippen LogP contribution in [-0.2, 0) is 16.1 Å². The third-order valence-corrected chi connectivity index (χ3v) is 7.02. The average Bonchev–Trinajstić information content (AvgIpc) is 3.22. The van der Waals surface area contributed by atoms with Gasteiger partial charge in [-0.05, 0) is 48.7 Å². The van der Waals surface area contributed by atoms with Crippen molar-refractivity contribution in [2.75, 3.05) is 6.61 Å². The topological polar surface area (TPSA) is 69.9 Å². The van der Waals surface area contributed by atoms with Crippen molar-refractivity contribution < 1.29 is 14.3 Å². The van der Waals surface area contributed by atoms with Gasteiger partial charge < -0.3 is 9.47 Å². The minimum Gasteiger partial charge on any atom is -0.489 e. The van der Waals surface area contributed by atoms with Gasteiger partial charge in [0.05, 0.1) is 28.5 Å². The van der Waals surface area contributed by atoms with E-state index in [1.165, 1.54) is 11.3 Å². The number of carbonyl (C=O) groups is 1. The lowest BCUT2D eigenvalue weighted by molar-refractivity contribution is -0.139. The molecule has 0 aliphatic carbocycles. The van der Waals surface area contributed by atoms with Gasteiger partial charge in [0.2, 0.25) is 0 Å². The largest absolute Gasteiger partial charge is 0.489 e. The minimum absolute atomic E-state index is 0.206. The van der Waals surface area contributed by atoms with Crippen molar-refractivity contribution in [1.82, 2.24) is 4.57 Å². The number of hydrogen-bond acceptors (Lipinski definition) is 6. The normalized spacial score (nSPS) is 15.2. The molecule has 1 aliphatic rings. The summed E-state index contributed by atoms with van der Waals surface area (Å²) in [5, 5.41) is 0. The SMILES string of the molecule is CCOC(=O)C1=C(C)N=c2s/c(=C/c3cccc(OCc4ccccc4)c3)c(=O)n2[C@@H]1c1ccccc1. The highest BCUT2D eigenvalue weighted by Gasteiger charge is 2.33. The highest BCUT2D eigenvalue weighted by molar-refractivity contribution is 7.07. The first-order chi connectivity index (χ1) is 18.0. The molecule has 0 fully saturated rings. The van der Waals surface area contributed by atoms with Crippen LogP contribution >= 0.6 is 11.3 Å². The summed E-state index contributed by atoms with van der Waals surface area (Å²) in [6.45, 7) is 4.24. The molecule has 186 valence electrons. The summed E-state index contributed by atoms with van der Waals surface area (Å²) >= 11 is 1.30. The standard InChI is InChI=1S/C30H26N2O4S/c1-3-35-29(34)26-20(2)31-30-32(27(26)23-14-8-5-9-15-23)28(33)25(37-30)18-22-13-10-16-24(17-22)36-19-21-11-6-4-7-12-21/h4-18,27H,3,19H2,1-2H3/b25-18+/t27-/m1/s1. The number of benzene rings is 3. The number of hydrogen-bond donors (Lipinski definition) is 0. The van der Waals surface area contributed by atoms with Crippen molar-refractivity contribution in [2.45, 2.75) is 26.5 Å². The molecule has 1 aliphatic heterocycles. The fraction of sp³-hybridized carbons (Fsp3) is 0.167. The Balaban J connectivity index is 1.55. The van der Waals surface area contributed by atoms with Crippen LogP contribution in [0.25, 0.3) is 6.08 Å². The summed E-state index contributed by atoms with van der Waals surface area (Å²) in [6, 6.07) is 26.5. The molecule has 0 radical (unpaired) electrons. The maximum absolute atomic E-state index is 13.7. The van der Waals surface area contributed by atoms with Crippen molar-refractivity contribution in [1.29, 1.82) is 0 Å². The van der Waals surface area contributed by atoms with Crippen molar-refractivity contribution in [3.05, 3.63) is 133 Å². The zero-order chi connectivity index (χ0) is 25.8. The van der Waals surface area contributed by atoms with Crippen LogP contribution < -0.4 is 19.6 Å². The number of fused-ring (bicyclic) bond motifs is 1. The first-order valence-corrected chi connectivity index (χ1v) is 12.9. The van der Waals surface area contributed by atoms with Crippen LogP contribution in [0, 0.1) is 0 Å². The highest BCUT2D eigenvalue weighted by Crippen LogP contribution is 2.30. The molecule has 1 aromatic heterocycles. The second-order valence-electron chi connectivity index (χ2n) is 8.56. The number of ether oxygens (including phenoxy) is 2. The van der Waals surface area contributed by atoms with E-state index in [0.29, 0.717) is 33.0 Å². The number of esters is 1. The Bertz CT molecular complexity index is 1640. The smallest absolute Gasteiger partial charge is 0.338 e. The lowest BCUT2D eigenvalue weighted by atomic mass is 9.96. The van der Waals surface area contributed by atoms with Gasteiger partial charge in [-0.15, -0.1) is 0 Å². The molecule has 1 atom stereocenters. The van der Waals surface area contributed by atoms with E-state index < -0.39 is 12.0 Å². The Morgan fingerprint density at radius 2 is 1.76 bits per heavy atom. The second kappa shape index (κ2) is 10.8. The summed E-state index contributed by atoms with van der Waals surface area (Å²) in [7, 11) is 0. The first-order valence-electron chi connectivity index (χ1n) is 12.1. The van der Waals surface area contributed by atoms with Gasteiger partial charge in [-0.3, -0.25) is 9.36 Å². The van der Waals surface area contributed by atoms with Crippen LogP contribution in [0.2, 0.25) is 0 Å². The molecule has 7 heteroatoms. The van der Waals surface area contributed by atoms with Gasteiger partial charge in [-0.2, -0.15) is 0 Å². The van der Waals surface area contributed by atoms with Gasteiger partial charge in [0.15, 0.2) is 4.80 Å². The second-order valence-corrected chi connectivity index (χ2v) is 9.57. The van der Waals surface area contributed by atoms with Crippen LogP contribution in [0.5, 0.6) is 5.75 Å². The van der Waals surface area contributed by atoms with Crippen molar-refractivity contribution >= 4 is 23.4 Å². The maximum atomic E-state index is 13.7. The number of thiazole rings is 1. The number of nitrogens with zero attached hydrogens (tertiary/aromatic N) is 2. The molecule has 4 aromatic rings. The molecule has 3 aromatic carbocycles. The minimum atomic E-state index is -0.612. The van der Waals surface area contributed by atoms with E-state index >= 15 is 0 Å². The summed E-state index contributed by atoms with van der Waals surface area (Å²) in [5.41, 5.74) is 3.47.